The molecule has 6 heteroatoms. The van der Waals surface area contributed by atoms with E-state index in [2.05, 4.69) is 56.6 Å². The number of H-pyrrole nitrogens is 2. The number of anilines is 1. The van der Waals surface area contributed by atoms with Crippen LogP contribution in [0, 0.1) is 13.8 Å². The number of ketones is 1. The number of nitrogens with one attached hydrogen (secondary N) is 3. The van der Waals surface area contributed by atoms with Crippen molar-refractivity contribution in [1.29, 1.82) is 0 Å². The molecule has 1 amide bonds. The molecule has 0 unspecified atom stereocenters. The Bertz CT molecular complexity index is 1310. The summed E-state index contributed by atoms with van der Waals surface area (Å²) in [5.41, 5.74) is 6.88. The van der Waals surface area contributed by atoms with Crippen LogP contribution in [0.3, 0.4) is 0 Å². The topological polar surface area (TPSA) is 81.0 Å². The van der Waals surface area contributed by atoms with Crippen LogP contribution >= 0.6 is 0 Å². The third kappa shape index (κ3) is 4.29. The second kappa shape index (κ2) is 8.98. The van der Waals surface area contributed by atoms with Gasteiger partial charge in [0, 0.05) is 60.6 Å². The molecule has 0 spiro atoms. The van der Waals surface area contributed by atoms with E-state index in [-0.39, 0.29) is 17.6 Å². The van der Waals surface area contributed by atoms with Gasteiger partial charge in [0.15, 0.2) is 5.78 Å². The summed E-state index contributed by atoms with van der Waals surface area (Å²) in [6.07, 6.45) is 2.03. The number of Topliss-reactive ketones (excluding diaryl/α,β-unsaturated/α-hetero) is 1. The molecule has 0 aliphatic carbocycles. The summed E-state index contributed by atoms with van der Waals surface area (Å²) < 4.78 is 0. The van der Waals surface area contributed by atoms with Crippen molar-refractivity contribution in [3.8, 4) is 0 Å². The largest absolute Gasteiger partial charge is 0.378 e. The molecule has 2 heterocycles. The Balaban J connectivity index is 1.66. The van der Waals surface area contributed by atoms with E-state index < -0.39 is 0 Å². The fourth-order valence-corrected chi connectivity index (χ4v) is 4.58. The van der Waals surface area contributed by atoms with Crippen molar-refractivity contribution in [3.05, 3.63) is 88.4 Å². The lowest BCUT2D eigenvalue weighted by Gasteiger charge is -2.20. The molecular formula is C27H30N4O2. The first kappa shape index (κ1) is 22.4. The summed E-state index contributed by atoms with van der Waals surface area (Å²) in [5, 5.41) is 4.24. The number of para-hydroxylation sites is 1. The molecule has 33 heavy (non-hydrogen) atoms. The normalized spacial score (nSPS) is 12.0. The quantitative estimate of drug-likeness (QED) is 0.355. The number of amides is 1. The number of hydrogen-bond acceptors (Lipinski definition) is 3. The van der Waals surface area contributed by atoms with Crippen LogP contribution in [0.15, 0.2) is 54.7 Å². The van der Waals surface area contributed by atoms with Gasteiger partial charge >= 0.3 is 0 Å². The van der Waals surface area contributed by atoms with Gasteiger partial charge in [-0.05, 0) is 55.7 Å². The predicted octanol–water partition coefficient (Wildman–Crippen LogP) is 4.94. The maximum absolute atomic E-state index is 13.1. The van der Waals surface area contributed by atoms with Gasteiger partial charge in [-0.15, -0.1) is 0 Å². The minimum Gasteiger partial charge on any atom is -0.378 e. The van der Waals surface area contributed by atoms with Gasteiger partial charge in [-0.1, -0.05) is 30.3 Å². The fraction of sp³-hybridized carbons (Fsp3) is 0.259. The molecule has 1 atom stereocenters. The van der Waals surface area contributed by atoms with Gasteiger partial charge in [0.1, 0.15) is 5.69 Å². The van der Waals surface area contributed by atoms with Crippen LogP contribution in [-0.4, -0.2) is 42.3 Å². The molecule has 0 aliphatic rings. The molecular weight excluding hydrogens is 412 g/mol. The second-order valence-corrected chi connectivity index (χ2v) is 8.72. The smallest absolute Gasteiger partial charge is 0.268 e. The van der Waals surface area contributed by atoms with Crippen molar-refractivity contribution in [2.45, 2.75) is 26.7 Å². The fourth-order valence-electron chi connectivity index (χ4n) is 4.58. The Hall–Kier alpha value is -3.80. The average Bonchev–Trinajstić information content (AvgIpc) is 3.34. The number of aromatic amines is 2. The van der Waals surface area contributed by atoms with Gasteiger partial charge in [-0.2, -0.15) is 0 Å². The molecule has 0 saturated heterocycles. The molecule has 3 N–H and O–H groups in total. The van der Waals surface area contributed by atoms with E-state index in [0.29, 0.717) is 23.4 Å². The lowest BCUT2D eigenvalue weighted by molar-refractivity contribution is 0.0947. The lowest BCUT2D eigenvalue weighted by atomic mass is 9.90. The lowest BCUT2D eigenvalue weighted by Crippen LogP contribution is -2.29. The van der Waals surface area contributed by atoms with E-state index in [1.807, 2.05) is 46.3 Å². The first-order valence-corrected chi connectivity index (χ1v) is 11.1. The summed E-state index contributed by atoms with van der Waals surface area (Å²) in [7, 11) is 4.03. The van der Waals surface area contributed by atoms with Crippen LogP contribution in [0.25, 0.3) is 10.9 Å². The van der Waals surface area contributed by atoms with Crippen molar-refractivity contribution in [1.82, 2.24) is 15.3 Å². The predicted molar refractivity (Wildman–Crippen MR) is 134 cm³/mol. The third-order valence-corrected chi connectivity index (χ3v) is 6.29. The molecule has 0 radical (unpaired) electrons. The number of carbonyl (C=O) groups excluding carboxylic acids is 2. The standard InChI is InChI=1S/C27H30N4O2/c1-16-25(18(3)32)17(2)30-26(16)27(33)29-14-22(19-10-12-20(13-11-19)31(4)5)23-15-28-24-9-7-6-8-21(23)24/h6-13,15,22,28,30H,14H2,1-5H3,(H,29,33)/t22-/m0/s1. The molecule has 170 valence electrons. The molecule has 2 aromatic heterocycles. The van der Waals surface area contributed by atoms with Crippen LogP contribution in [0.5, 0.6) is 0 Å². The number of nitrogens with zero attached hydrogens (tertiary/aromatic N) is 1. The summed E-state index contributed by atoms with van der Waals surface area (Å²) in [6, 6.07) is 16.6. The molecule has 0 bridgehead atoms. The number of benzene rings is 2. The monoisotopic (exact) mass is 442 g/mol. The third-order valence-electron chi connectivity index (χ3n) is 6.29. The van der Waals surface area contributed by atoms with Crippen molar-refractivity contribution < 1.29 is 9.59 Å². The van der Waals surface area contributed by atoms with E-state index in [1.54, 1.807) is 0 Å². The number of hydrogen-bond donors (Lipinski definition) is 3. The van der Waals surface area contributed by atoms with E-state index >= 15 is 0 Å². The Morgan fingerprint density at radius 1 is 1.03 bits per heavy atom. The Morgan fingerprint density at radius 3 is 2.36 bits per heavy atom. The summed E-state index contributed by atoms with van der Waals surface area (Å²) in [5.74, 6) is -0.291. The minimum absolute atomic E-state index is 0.0371. The molecule has 0 fully saturated rings. The minimum atomic E-state index is -0.210. The van der Waals surface area contributed by atoms with Gasteiger partial charge in [0.05, 0.1) is 0 Å². The van der Waals surface area contributed by atoms with Crippen LogP contribution in [0.2, 0.25) is 0 Å². The Morgan fingerprint density at radius 2 is 1.73 bits per heavy atom. The van der Waals surface area contributed by atoms with Crippen LogP contribution < -0.4 is 10.2 Å². The molecule has 2 aromatic carbocycles. The van der Waals surface area contributed by atoms with E-state index in [1.165, 1.54) is 6.92 Å². The van der Waals surface area contributed by atoms with E-state index in [4.69, 9.17) is 0 Å². The van der Waals surface area contributed by atoms with Crippen molar-refractivity contribution in [3.63, 3.8) is 0 Å². The number of fused-ring (bicyclic) bond motifs is 1. The van der Waals surface area contributed by atoms with Gasteiger partial charge < -0.3 is 20.2 Å². The van der Waals surface area contributed by atoms with Gasteiger partial charge in [-0.3, -0.25) is 9.59 Å². The first-order chi connectivity index (χ1) is 15.8. The van der Waals surface area contributed by atoms with Crippen molar-refractivity contribution in [2.24, 2.45) is 0 Å². The molecule has 4 rings (SSSR count). The zero-order valence-electron chi connectivity index (χ0n) is 19.7. The average molecular weight is 443 g/mol. The van der Waals surface area contributed by atoms with Crippen LogP contribution in [-0.2, 0) is 0 Å². The number of carbonyl (C=O) groups is 2. The zero-order chi connectivity index (χ0) is 23.7. The zero-order valence-corrected chi connectivity index (χ0v) is 19.7. The van der Waals surface area contributed by atoms with Crippen LogP contribution in [0.1, 0.15) is 56.1 Å². The van der Waals surface area contributed by atoms with Crippen LogP contribution in [0.4, 0.5) is 5.69 Å². The SMILES string of the molecule is CC(=O)c1c(C)[nH]c(C(=O)NC[C@@H](c2ccc(N(C)C)cc2)c2c[nH]c3ccccc23)c1C. The number of aromatic nitrogens is 2. The second-order valence-electron chi connectivity index (χ2n) is 8.72. The summed E-state index contributed by atoms with van der Waals surface area (Å²) in [4.78, 5) is 33.6. The highest BCUT2D eigenvalue weighted by Crippen LogP contribution is 2.31. The van der Waals surface area contributed by atoms with Crippen molar-refractivity contribution >= 4 is 28.3 Å². The highest BCUT2D eigenvalue weighted by atomic mass is 16.2. The maximum Gasteiger partial charge on any atom is 0.268 e. The molecule has 4 aromatic rings. The van der Waals surface area contributed by atoms with E-state index in [9.17, 15) is 9.59 Å². The highest BCUT2D eigenvalue weighted by Gasteiger charge is 2.23. The highest BCUT2D eigenvalue weighted by molar-refractivity contribution is 6.02. The summed E-state index contributed by atoms with van der Waals surface area (Å²) in [6.45, 7) is 5.58. The van der Waals surface area contributed by atoms with Gasteiger partial charge in [0.25, 0.3) is 5.91 Å². The van der Waals surface area contributed by atoms with Gasteiger partial charge in [0.2, 0.25) is 0 Å². The first-order valence-electron chi connectivity index (χ1n) is 11.1. The molecule has 6 nitrogen and oxygen atoms in total. The maximum atomic E-state index is 13.1. The van der Waals surface area contributed by atoms with E-state index in [0.717, 1.165) is 33.4 Å². The number of rotatable bonds is 7. The molecule has 0 saturated carbocycles. The van der Waals surface area contributed by atoms with Gasteiger partial charge in [-0.25, -0.2) is 0 Å². The number of aryl methyl sites for hydroxylation is 1. The molecule has 0 aliphatic heterocycles. The van der Waals surface area contributed by atoms with Crippen molar-refractivity contribution in [2.75, 3.05) is 25.5 Å². The summed E-state index contributed by atoms with van der Waals surface area (Å²) >= 11 is 0. The Labute approximate surface area is 194 Å². The Kier molecular flexibility index (Phi) is 6.09.